The van der Waals surface area contributed by atoms with Gasteiger partial charge in [0.15, 0.2) is 0 Å². The second-order valence-corrected chi connectivity index (χ2v) is 5.32. The molecule has 0 bridgehead atoms. The molecule has 98 valence electrons. The van der Waals surface area contributed by atoms with Crippen molar-refractivity contribution in [2.45, 2.75) is 32.7 Å². The molecule has 2 fully saturated rings. The molecular formula is C13H24N2O2. The van der Waals surface area contributed by atoms with Crippen LogP contribution >= 0.6 is 0 Å². The third kappa shape index (κ3) is 3.19. The highest BCUT2D eigenvalue weighted by Crippen LogP contribution is 2.19. The first kappa shape index (κ1) is 12.8. The van der Waals surface area contributed by atoms with Gasteiger partial charge in [-0.2, -0.15) is 0 Å². The van der Waals surface area contributed by atoms with Gasteiger partial charge in [0, 0.05) is 38.6 Å². The maximum absolute atomic E-state index is 11.9. The average molecular weight is 240 g/mol. The van der Waals surface area contributed by atoms with Crippen molar-refractivity contribution in [1.82, 2.24) is 9.80 Å². The molecule has 1 amide bonds. The number of carbonyl (C=O) groups is 1. The van der Waals surface area contributed by atoms with Crippen LogP contribution in [-0.4, -0.2) is 61.1 Å². The van der Waals surface area contributed by atoms with Crippen LogP contribution in [0.3, 0.4) is 0 Å². The minimum Gasteiger partial charge on any atom is -0.379 e. The Hall–Kier alpha value is -0.610. The van der Waals surface area contributed by atoms with Crippen molar-refractivity contribution >= 4 is 5.91 Å². The molecule has 2 aliphatic rings. The molecule has 4 nitrogen and oxygen atoms in total. The van der Waals surface area contributed by atoms with Gasteiger partial charge >= 0.3 is 0 Å². The van der Waals surface area contributed by atoms with E-state index in [1.54, 1.807) is 0 Å². The fourth-order valence-corrected chi connectivity index (χ4v) is 2.40. The normalized spacial score (nSPS) is 24.5. The Bertz CT molecular complexity index is 258. The van der Waals surface area contributed by atoms with E-state index in [9.17, 15) is 4.79 Å². The molecule has 0 aromatic heterocycles. The van der Waals surface area contributed by atoms with Gasteiger partial charge in [-0.15, -0.1) is 0 Å². The second-order valence-electron chi connectivity index (χ2n) is 5.32. The van der Waals surface area contributed by atoms with Crippen LogP contribution in [0.25, 0.3) is 0 Å². The number of rotatable bonds is 4. The maximum Gasteiger partial charge on any atom is 0.222 e. The SMILES string of the molecule is CCC(C)CC(=O)N1CC(N2CCOCC2)C1. The predicted molar refractivity (Wildman–Crippen MR) is 66.8 cm³/mol. The van der Waals surface area contributed by atoms with Crippen molar-refractivity contribution in [2.75, 3.05) is 39.4 Å². The van der Waals surface area contributed by atoms with Gasteiger partial charge in [-0.25, -0.2) is 0 Å². The number of hydrogen-bond donors (Lipinski definition) is 0. The molecule has 1 atom stereocenters. The van der Waals surface area contributed by atoms with E-state index in [0.29, 0.717) is 24.3 Å². The van der Waals surface area contributed by atoms with E-state index >= 15 is 0 Å². The topological polar surface area (TPSA) is 32.8 Å². The summed E-state index contributed by atoms with van der Waals surface area (Å²) in [6.07, 6.45) is 1.80. The zero-order chi connectivity index (χ0) is 12.3. The van der Waals surface area contributed by atoms with E-state index in [1.165, 1.54) is 0 Å². The number of carbonyl (C=O) groups excluding carboxylic acids is 1. The maximum atomic E-state index is 11.9. The van der Waals surface area contributed by atoms with Crippen molar-refractivity contribution in [3.8, 4) is 0 Å². The standard InChI is InChI=1S/C13H24N2O2/c1-3-11(2)8-13(16)15-9-12(10-15)14-4-6-17-7-5-14/h11-12H,3-10H2,1-2H3. The number of morpholine rings is 1. The van der Waals surface area contributed by atoms with Crippen molar-refractivity contribution in [1.29, 1.82) is 0 Å². The number of likely N-dealkylation sites (tertiary alicyclic amines) is 1. The Labute approximate surface area is 104 Å². The minimum absolute atomic E-state index is 0.337. The van der Waals surface area contributed by atoms with E-state index in [4.69, 9.17) is 4.74 Å². The molecule has 2 rings (SSSR count). The molecule has 4 heteroatoms. The van der Waals surface area contributed by atoms with Gasteiger partial charge in [0.25, 0.3) is 0 Å². The van der Waals surface area contributed by atoms with Crippen LogP contribution in [-0.2, 0) is 9.53 Å². The van der Waals surface area contributed by atoms with Crippen molar-refractivity contribution in [2.24, 2.45) is 5.92 Å². The van der Waals surface area contributed by atoms with Gasteiger partial charge in [0.1, 0.15) is 0 Å². The highest BCUT2D eigenvalue weighted by Gasteiger charge is 2.35. The summed E-state index contributed by atoms with van der Waals surface area (Å²) in [6.45, 7) is 9.89. The van der Waals surface area contributed by atoms with Gasteiger partial charge in [-0.3, -0.25) is 9.69 Å². The number of ether oxygens (including phenoxy) is 1. The Morgan fingerprint density at radius 3 is 2.59 bits per heavy atom. The van der Waals surface area contributed by atoms with Crippen molar-refractivity contribution < 1.29 is 9.53 Å². The van der Waals surface area contributed by atoms with Crippen molar-refractivity contribution in [3.63, 3.8) is 0 Å². The zero-order valence-corrected chi connectivity index (χ0v) is 11.0. The third-order valence-corrected chi connectivity index (χ3v) is 4.00. The lowest BCUT2D eigenvalue weighted by molar-refractivity contribution is -0.141. The van der Waals surface area contributed by atoms with Gasteiger partial charge < -0.3 is 9.64 Å². The van der Waals surface area contributed by atoms with E-state index in [-0.39, 0.29) is 0 Å². The van der Waals surface area contributed by atoms with Crippen LogP contribution in [0.2, 0.25) is 0 Å². The summed E-state index contributed by atoms with van der Waals surface area (Å²) in [6, 6.07) is 0.583. The molecule has 0 spiro atoms. The highest BCUT2D eigenvalue weighted by atomic mass is 16.5. The second kappa shape index (κ2) is 5.83. The van der Waals surface area contributed by atoms with Crippen LogP contribution in [0.4, 0.5) is 0 Å². The van der Waals surface area contributed by atoms with E-state index < -0.39 is 0 Å². The Morgan fingerprint density at radius 2 is 2.00 bits per heavy atom. The first-order chi connectivity index (χ1) is 8.20. The predicted octanol–water partition coefficient (Wildman–Crippen LogP) is 0.966. The molecule has 0 N–H and O–H groups in total. The minimum atomic E-state index is 0.337. The molecule has 0 saturated carbocycles. The molecule has 0 aromatic rings. The molecule has 0 aromatic carbocycles. The number of hydrogen-bond acceptors (Lipinski definition) is 3. The summed E-state index contributed by atoms with van der Waals surface area (Å²) in [5, 5.41) is 0. The summed E-state index contributed by atoms with van der Waals surface area (Å²) in [5.41, 5.74) is 0. The fourth-order valence-electron chi connectivity index (χ4n) is 2.40. The van der Waals surface area contributed by atoms with Crippen LogP contribution in [0.5, 0.6) is 0 Å². The summed E-state index contributed by atoms with van der Waals surface area (Å²) in [7, 11) is 0. The smallest absolute Gasteiger partial charge is 0.222 e. The molecule has 17 heavy (non-hydrogen) atoms. The quantitative estimate of drug-likeness (QED) is 0.734. The molecule has 0 aliphatic carbocycles. The largest absolute Gasteiger partial charge is 0.379 e. The summed E-state index contributed by atoms with van der Waals surface area (Å²) < 4.78 is 5.34. The van der Waals surface area contributed by atoms with Gasteiger partial charge in [0.05, 0.1) is 13.2 Å². The Kier molecular flexibility index (Phi) is 4.40. The highest BCUT2D eigenvalue weighted by molar-refractivity contribution is 5.77. The lowest BCUT2D eigenvalue weighted by Gasteiger charge is -2.46. The van der Waals surface area contributed by atoms with Crippen LogP contribution in [0.15, 0.2) is 0 Å². The first-order valence-corrected chi connectivity index (χ1v) is 6.80. The molecular weight excluding hydrogens is 216 g/mol. The summed E-state index contributed by atoms with van der Waals surface area (Å²) >= 11 is 0. The fraction of sp³-hybridized carbons (Fsp3) is 0.923. The first-order valence-electron chi connectivity index (χ1n) is 6.80. The lowest BCUT2D eigenvalue weighted by Crippen LogP contribution is -2.62. The Balaban J connectivity index is 1.69. The zero-order valence-electron chi connectivity index (χ0n) is 11.0. The van der Waals surface area contributed by atoms with Crippen molar-refractivity contribution in [3.05, 3.63) is 0 Å². The molecule has 1 unspecified atom stereocenters. The van der Waals surface area contributed by atoms with E-state index in [2.05, 4.69) is 18.7 Å². The van der Waals surface area contributed by atoms with Crippen LogP contribution < -0.4 is 0 Å². The molecule has 2 saturated heterocycles. The summed E-state index contributed by atoms with van der Waals surface area (Å²) in [5.74, 6) is 0.855. The lowest BCUT2D eigenvalue weighted by atomic mass is 10.0. The monoisotopic (exact) mass is 240 g/mol. The van der Waals surface area contributed by atoms with Gasteiger partial charge in [0.2, 0.25) is 5.91 Å². The molecule has 0 radical (unpaired) electrons. The van der Waals surface area contributed by atoms with Crippen LogP contribution in [0.1, 0.15) is 26.7 Å². The molecule has 2 aliphatic heterocycles. The van der Waals surface area contributed by atoms with E-state index in [0.717, 1.165) is 45.8 Å². The Morgan fingerprint density at radius 1 is 1.35 bits per heavy atom. The number of nitrogens with zero attached hydrogens (tertiary/aromatic N) is 2. The average Bonchev–Trinajstić information content (AvgIpc) is 2.28. The summed E-state index contributed by atoms with van der Waals surface area (Å²) in [4.78, 5) is 16.4. The van der Waals surface area contributed by atoms with Crippen LogP contribution in [0, 0.1) is 5.92 Å². The van der Waals surface area contributed by atoms with Gasteiger partial charge in [-0.05, 0) is 5.92 Å². The number of amides is 1. The van der Waals surface area contributed by atoms with E-state index in [1.807, 2.05) is 4.90 Å². The third-order valence-electron chi connectivity index (χ3n) is 4.00. The van der Waals surface area contributed by atoms with Gasteiger partial charge in [-0.1, -0.05) is 20.3 Å². The molecule has 2 heterocycles.